The number of ether oxygens (including phenoxy) is 2. The van der Waals surface area contributed by atoms with Crippen molar-refractivity contribution < 1.29 is 14.3 Å². The van der Waals surface area contributed by atoms with Crippen molar-refractivity contribution in [3.63, 3.8) is 0 Å². The van der Waals surface area contributed by atoms with E-state index >= 15 is 0 Å². The van der Waals surface area contributed by atoms with Crippen LogP contribution in [0.4, 0.5) is 0 Å². The van der Waals surface area contributed by atoms with Crippen LogP contribution in [-0.4, -0.2) is 47.9 Å². The number of aromatic amines is 1. The summed E-state index contributed by atoms with van der Waals surface area (Å²) in [6.45, 7) is 8.16. The second-order valence-corrected chi connectivity index (χ2v) is 9.65. The van der Waals surface area contributed by atoms with E-state index in [1.54, 1.807) is 6.07 Å². The van der Waals surface area contributed by atoms with Crippen molar-refractivity contribution in [1.82, 2.24) is 26.1 Å². The first-order chi connectivity index (χ1) is 16.4. The number of hydrogen-bond donors (Lipinski definition) is 4. The van der Waals surface area contributed by atoms with E-state index in [0.29, 0.717) is 25.2 Å². The zero-order chi connectivity index (χ0) is 23.8. The van der Waals surface area contributed by atoms with Gasteiger partial charge in [0.1, 0.15) is 13.2 Å². The first kappa shape index (κ1) is 22.9. The number of benzene rings is 1. The predicted molar refractivity (Wildman–Crippen MR) is 127 cm³/mol. The molecule has 1 aromatic heterocycles. The first-order valence-electron chi connectivity index (χ1n) is 12.0. The molecule has 0 aliphatic carbocycles. The molecular weight excluding hydrogens is 434 g/mol. The molecule has 4 atom stereocenters. The van der Waals surface area contributed by atoms with E-state index in [-0.39, 0.29) is 48.1 Å². The highest BCUT2D eigenvalue weighted by molar-refractivity contribution is 5.79. The summed E-state index contributed by atoms with van der Waals surface area (Å²) in [6, 6.07) is 9.90. The molecule has 4 unspecified atom stereocenters. The lowest BCUT2D eigenvalue weighted by Gasteiger charge is -2.42. The lowest BCUT2D eigenvalue weighted by Crippen LogP contribution is -2.57. The number of hydrazine groups is 1. The van der Waals surface area contributed by atoms with Gasteiger partial charge < -0.3 is 19.8 Å². The fourth-order valence-electron chi connectivity index (χ4n) is 5.27. The summed E-state index contributed by atoms with van der Waals surface area (Å²) in [5.41, 5.74) is 5.76. The average Bonchev–Trinajstić information content (AvgIpc) is 3.27. The molecule has 0 saturated carbocycles. The van der Waals surface area contributed by atoms with Gasteiger partial charge in [-0.3, -0.25) is 20.3 Å². The predicted octanol–water partition coefficient (Wildman–Crippen LogP) is 1.59. The third-order valence-electron chi connectivity index (χ3n) is 7.04. The Morgan fingerprint density at radius 1 is 1.18 bits per heavy atom. The summed E-state index contributed by atoms with van der Waals surface area (Å²) in [5.74, 6) is 1.40. The Hall–Kier alpha value is -2.88. The number of nitrogens with zero attached hydrogens (tertiary/aromatic N) is 1. The maximum atomic E-state index is 13.4. The van der Waals surface area contributed by atoms with Crippen LogP contribution in [0.3, 0.4) is 0 Å². The number of fused-ring (bicyclic) bond motifs is 2. The van der Waals surface area contributed by atoms with Crippen LogP contribution in [0.1, 0.15) is 43.1 Å². The fourth-order valence-corrected chi connectivity index (χ4v) is 5.27. The topological polar surface area (TPSA) is 108 Å². The van der Waals surface area contributed by atoms with Crippen molar-refractivity contribution in [3.8, 4) is 11.5 Å². The summed E-state index contributed by atoms with van der Waals surface area (Å²) in [5, 5.41) is 9.01. The van der Waals surface area contributed by atoms with E-state index in [1.165, 1.54) is 0 Å². The standard InChI is InChI=1S/C25H33N5O4/c1-14(2)30-23-19(13-27-30)18(25(32)26-12-17-5-4-15(3)28-24(17)31)11-20(29-23)16-6-7-21-22(10-16)34-9-8-33-21/h4-7,10,14,18-20,23,27,29H,8-9,11-13H2,1-3H3,(H,26,32)(H,28,31). The molecule has 3 aliphatic heterocycles. The average molecular weight is 468 g/mol. The van der Waals surface area contributed by atoms with Crippen LogP contribution in [-0.2, 0) is 11.3 Å². The van der Waals surface area contributed by atoms with E-state index in [9.17, 15) is 9.59 Å². The van der Waals surface area contributed by atoms with Crippen LogP contribution in [0.5, 0.6) is 11.5 Å². The Bertz CT molecular complexity index is 1120. The molecule has 0 spiro atoms. The minimum absolute atomic E-state index is 0.0169. The number of pyridine rings is 1. The largest absolute Gasteiger partial charge is 0.486 e. The third-order valence-corrected chi connectivity index (χ3v) is 7.04. The number of hydrogen-bond acceptors (Lipinski definition) is 7. The normalized spacial score (nSPS) is 26.4. The van der Waals surface area contributed by atoms with Gasteiger partial charge in [-0.05, 0) is 51.0 Å². The molecule has 34 heavy (non-hydrogen) atoms. The van der Waals surface area contributed by atoms with Crippen molar-refractivity contribution in [2.75, 3.05) is 19.8 Å². The second-order valence-electron chi connectivity index (χ2n) is 9.65. The summed E-state index contributed by atoms with van der Waals surface area (Å²) in [4.78, 5) is 28.5. The molecular formula is C25H33N5O4. The molecule has 5 rings (SSSR count). The summed E-state index contributed by atoms with van der Waals surface area (Å²) in [6.07, 6.45) is 0.676. The molecule has 0 bridgehead atoms. The zero-order valence-corrected chi connectivity index (χ0v) is 19.9. The minimum atomic E-state index is -0.203. The van der Waals surface area contributed by atoms with E-state index in [1.807, 2.05) is 25.1 Å². The van der Waals surface area contributed by atoms with E-state index in [4.69, 9.17) is 9.47 Å². The molecule has 3 aliphatic rings. The summed E-state index contributed by atoms with van der Waals surface area (Å²) in [7, 11) is 0. The van der Waals surface area contributed by atoms with Crippen molar-refractivity contribution in [1.29, 1.82) is 0 Å². The zero-order valence-electron chi connectivity index (χ0n) is 19.9. The number of rotatable bonds is 5. The lowest BCUT2D eigenvalue weighted by atomic mass is 9.78. The van der Waals surface area contributed by atoms with Gasteiger partial charge in [0.05, 0.1) is 6.17 Å². The number of carbonyl (C=O) groups excluding carboxylic acids is 1. The van der Waals surface area contributed by atoms with Gasteiger partial charge in [-0.25, -0.2) is 5.01 Å². The van der Waals surface area contributed by atoms with E-state index in [2.05, 4.69) is 46.0 Å². The number of aryl methyl sites for hydroxylation is 1. The monoisotopic (exact) mass is 467 g/mol. The van der Waals surface area contributed by atoms with Crippen molar-refractivity contribution in [2.45, 2.75) is 52.0 Å². The minimum Gasteiger partial charge on any atom is -0.486 e. The number of H-pyrrole nitrogens is 1. The molecule has 1 amide bonds. The molecule has 9 heteroatoms. The van der Waals surface area contributed by atoms with Gasteiger partial charge in [-0.15, -0.1) is 0 Å². The van der Waals surface area contributed by atoms with Crippen molar-refractivity contribution in [3.05, 3.63) is 57.5 Å². The van der Waals surface area contributed by atoms with Crippen LogP contribution in [0.25, 0.3) is 0 Å². The fraction of sp³-hybridized carbons (Fsp3) is 0.520. The Labute approximate surface area is 199 Å². The third kappa shape index (κ3) is 4.43. The number of piperidine rings is 1. The van der Waals surface area contributed by atoms with E-state index in [0.717, 1.165) is 29.3 Å². The molecule has 2 aromatic rings. The number of nitrogens with one attached hydrogen (secondary N) is 4. The van der Waals surface area contributed by atoms with Crippen LogP contribution < -0.4 is 31.1 Å². The van der Waals surface area contributed by atoms with Gasteiger partial charge in [0.25, 0.3) is 5.56 Å². The van der Waals surface area contributed by atoms with Crippen molar-refractivity contribution >= 4 is 5.91 Å². The smallest absolute Gasteiger partial charge is 0.253 e. The van der Waals surface area contributed by atoms with E-state index < -0.39 is 0 Å². The quantitative estimate of drug-likeness (QED) is 0.529. The number of aromatic nitrogens is 1. The Kier molecular flexibility index (Phi) is 6.33. The second kappa shape index (κ2) is 9.40. The maximum Gasteiger partial charge on any atom is 0.253 e. The van der Waals surface area contributed by atoms with Gasteiger partial charge >= 0.3 is 0 Å². The SMILES string of the molecule is Cc1ccc(CNC(=O)C2CC(c3ccc4c(c3)OCCO4)NC3C2CNN3C(C)C)c(=O)[nH]1. The van der Waals surface area contributed by atoms with Gasteiger partial charge in [0, 0.05) is 48.3 Å². The highest BCUT2D eigenvalue weighted by atomic mass is 16.6. The number of carbonyl (C=O) groups is 1. The van der Waals surface area contributed by atoms with Gasteiger partial charge in [0.15, 0.2) is 11.5 Å². The Balaban J connectivity index is 1.37. The molecule has 9 nitrogen and oxygen atoms in total. The molecule has 2 fully saturated rings. The first-order valence-corrected chi connectivity index (χ1v) is 12.0. The highest BCUT2D eigenvalue weighted by Crippen LogP contribution is 2.40. The lowest BCUT2D eigenvalue weighted by molar-refractivity contribution is -0.129. The highest BCUT2D eigenvalue weighted by Gasteiger charge is 2.48. The Morgan fingerprint density at radius 2 is 1.97 bits per heavy atom. The van der Waals surface area contributed by atoms with Crippen LogP contribution in [0.2, 0.25) is 0 Å². The van der Waals surface area contributed by atoms with Gasteiger partial charge in [-0.2, -0.15) is 0 Å². The molecule has 0 radical (unpaired) electrons. The van der Waals surface area contributed by atoms with Crippen LogP contribution in [0.15, 0.2) is 35.1 Å². The molecule has 4 heterocycles. The number of amides is 1. The molecule has 182 valence electrons. The maximum absolute atomic E-state index is 13.4. The van der Waals surface area contributed by atoms with Crippen LogP contribution >= 0.6 is 0 Å². The molecule has 4 N–H and O–H groups in total. The summed E-state index contributed by atoms with van der Waals surface area (Å²) >= 11 is 0. The van der Waals surface area contributed by atoms with Gasteiger partial charge in [0.2, 0.25) is 5.91 Å². The Morgan fingerprint density at radius 3 is 2.74 bits per heavy atom. The molecule has 2 saturated heterocycles. The van der Waals surface area contributed by atoms with Crippen LogP contribution in [0, 0.1) is 18.8 Å². The molecule has 1 aromatic carbocycles. The van der Waals surface area contributed by atoms with Crippen molar-refractivity contribution in [2.24, 2.45) is 11.8 Å². The summed E-state index contributed by atoms with van der Waals surface area (Å²) < 4.78 is 11.5. The van der Waals surface area contributed by atoms with Gasteiger partial charge in [-0.1, -0.05) is 12.1 Å².